The predicted molar refractivity (Wildman–Crippen MR) is 292 cm³/mol. The van der Waals surface area contributed by atoms with Crippen molar-refractivity contribution in [2.45, 2.75) is 0 Å². The van der Waals surface area contributed by atoms with Crippen LogP contribution in [0, 0.1) is 0 Å². The molecule has 0 unspecified atom stereocenters. The second-order valence-corrected chi connectivity index (χ2v) is 18.0. The summed E-state index contributed by atoms with van der Waals surface area (Å²) in [4.78, 5) is 2.40. The molecule has 0 N–H and O–H groups in total. The number of rotatable bonds is 7. The molecular formula is C66H42N2O. The van der Waals surface area contributed by atoms with Gasteiger partial charge in [0.1, 0.15) is 11.2 Å². The van der Waals surface area contributed by atoms with Gasteiger partial charge < -0.3 is 13.9 Å². The highest BCUT2D eigenvalue weighted by atomic mass is 16.3. The minimum atomic E-state index is 0.875. The fourth-order valence-corrected chi connectivity index (χ4v) is 10.9. The molecule has 0 saturated heterocycles. The van der Waals surface area contributed by atoms with E-state index in [2.05, 4.69) is 264 Å². The average molecular weight is 879 g/mol. The molecule has 2 aromatic heterocycles. The van der Waals surface area contributed by atoms with Crippen LogP contribution < -0.4 is 4.90 Å². The first-order valence-electron chi connectivity index (χ1n) is 23.7. The molecule has 0 fully saturated rings. The van der Waals surface area contributed by atoms with E-state index < -0.39 is 0 Å². The molecule has 0 spiro atoms. The summed E-state index contributed by atoms with van der Waals surface area (Å²) in [5, 5.41) is 12.1. The van der Waals surface area contributed by atoms with Crippen LogP contribution in [0.2, 0.25) is 0 Å². The molecular weight excluding hydrogens is 837 g/mol. The molecule has 3 heteroatoms. The normalized spacial score (nSPS) is 11.8. The van der Waals surface area contributed by atoms with Gasteiger partial charge in [-0.3, -0.25) is 0 Å². The van der Waals surface area contributed by atoms with Gasteiger partial charge in [0.15, 0.2) is 0 Å². The first-order chi connectivity index (χ1) is 34.2. The molecule has 2 heterocycles. The minimum absolute atomic E-state index is 0.875. The van der Waals surface area contributed by atoms with Crippen molar-refractivity contribution in [3.8, 4) is 39.1 Å². The number of furan rings is 1. The lowest BCUT2D eigenvalue weighted by Crippen LogP contribution is -2.11. The van der Waals surface area contributed by atoms with E-state index in [0.29, 0.717) is 0 Å². The predicted octanol–water partition coefficient (Wildman–Crippen LogP) is 18.6. The molecule has 322 valence electrons. The Hall–Kier alpha value is -9.18. The third-order valence-electron chi connectivity index (χ3n) is 14.2. The molecule has 0 atom stereocenters. The summed E-state index contributed by atoms with van der Waals surface area (Å²) in [6.45, 7) is 0. The summed E-state index contributed by atoms with van der Waals surface area (Å²) in [6.07, 6.45) is 0. The summed E-state index contributed by atoms with van der Waals surface area (Å²) in [5.74, 6) is 0. The molecule has 0 saturated carbocycles. The van der Waals surface area contributed by atoms with E-state index in [1.54, 1.807) is 0 Å². The number of hydrogen-bond donors (Lipinski definition) is 0. The first kappa shape index (κ1) is 39.0. The van der Waals surface area contributed by atoms with Crippen molar-refractivity contribution in [1.29, 1.82) is 0 Å². The van der Waals surface area contributed by atoms with Gasteiger partial charge in [-0.05, 0) is 134 Å². The van der Waals surface area contributed by atoms with Crippen molar-refractivity contribution in [3.05, 3.63) is 255 Å². The molecule has 3 nitrogen and oxygen atoms in total. The Balaban J connectivity index is 0.899. The summed E-state index contributed by atoms with van der Waals surface area (Å²) < 4.78 is 9.11. The van der Waals surface area contributed by atoms with Gasteiger partial charge in [-0.15, -0.1) is 0 Å². The first-order valence-corrected chi connectivity index (χ1v) is 23.7. The summed E-state index contributed by atoms with van der Waals surface area (Å²) in [7, 11) is 0. The van der Waals surface area contributed by atoms with E-state index >= 15 is 0 Å². The van der Waals surface area contributed by atoms with Crippen molar-refractivity contribution >= 4 is 93.1 Å². The van der Waals surface area contributed by atoms with Gasteiger partial charge in [0.2, 0.25) is 0 Å². The molecule has 0 radical (unpaired) electrons. The van der Waals surface area contributed by atoms with Crippen molar-refractivity contribution in [2.75, 3.05) is 4.90 Å². The van der Waals surface area contributed by atoms with Crippen LogP contribution in [0.5, 0.6) is 0 Å². The molecule has 0 aliphatic heterocycles. The Morgan fingerprint density at radius 2 is 0.884 bits per heavy atom. The fraction of sp³-hybridized carbons (Fsp3) is 0. The maximum atomic E-state index is 6.72. The Morgan fingerprint density at radius 1 is 0.304 bits per heavy atom. The molecule has 0 amide bonds. The lowest BCUT2D eigenvalue weighted by Gasteiger charge is -2.28. The van der Waals surface area contributed by atoms with E-state index in [-0.39, 0.29) is 0 Å². The van der Waals surface area contributed by atoms with Crippen LogP contribution in [0.15, 0.2) is 259 Å². The van der Waals surface area contributed by atoms with Gasteiger partial charge in [-0.2, -0.15) is 0 Å². The number of fused-ring (bicyclic) bond motifs is 11. The Morgan fingerprint density at radius 3 is 1.64 bits per heavy atom. The van der Waals surface area contributed by atoms with E-state index in [4.69, 9.17) is 4.42 Å². The number of para-hydroxylation sites is 3. The van der Waals surface area contributed by atoms with E-state index in [9.17, 15) is 0 Å². The van der Waals surface area contributed by atoms with Crippen molar-refractivity contribution in [2.24, 2.45) is 0 Å². The molecule has 0 aliphatic carbocycles. The van der Waals surface area contributed by atoms with Crippen LogP contribution in [-0.4, -0.2) is 4.57 Å². The van der Waals surface area contributed by atoms with Crippen LogP contribution in [0.25, 0.3) is 115 Å². The highest BCUT2D eigenvalue weighted by Crippen LogP contribution is 2.45. The van der Waals surface area contributed by atoms with Crippen molar-refractivity contribution in [3.63, 3.8) is 0 Å². The van der Waals surface area contributed by atoms with Crippen LogP contribution in [-0.2, 0) is 0 Å². The van der Waals surface area contributed by atoms with E-state index in [0.717, 1.165) is 72.3 Å². The Kier molecular flexibility index (Phi) is 8.90. The third-order valence-corrected chi connectivity index (χ3v) is 14.2. The maximum absolute atomic E-state index is 6.72. The van der Waals surface area contributed by atoms with E-state index in [1.807, 2.05) is 0 Å². The van der Waals surface area contributed by atoms with Crippen LogP contribution in [0.3, 0.4) is 0 Å². The van der Waals surface area contributed by atoms with Gasteiger partial charge in [-0.1, -0.05) is 176 Å². The molecule has 14 rings (SSSR count). The van der Waals surface area contributed by atoms with E-state index in [1.165, 1.54) is 59.9 Å². The number of aromatic nitrogens is 1. The zero-order chi connectivity index (χ0) is 45.4. The second-order valence-electron chi connectivity index (χ2n) is 18.0. The quantitative estimate of drug-likeness (QED) is 0.149. The van der Waals surface area contributed by atoms with Crippen molar-refractivity contribution in [1.82, 2.24) is 4.57 Å². The average Bonchev–Trinajstić information content (AvgIpc) is 3.97. The fourth-order valence-electron chi connectivity index (χ4n) is 10.9. The van der Waals surface area contributed by atoms with Gasteiger partial charge in [0, 0.05) is 49.6 Å². The SMILES string of the molecule is c1cc(-c2ccc(N(c3ccc(-c4cc5ccccc5c5ccccc45)cc3)c3ccccc3-c3ccc4c(c3)oc3c5ccccc5ccc43)cc2)cc(-n2c3ccccc3c3ccccc32)c1. The smallest absolute Gasteiger partial charge is 0.143 e. The number of nitrogens with zero attached hydrogens (tertiary/aromatic N) is 2. The molecule has 14 aromatic rings. The van der Waals surface area contributed by atoms with Crippen molar-refractivity contribution < 1.29 is 4.42 Å². The topological polar surface area (TPSA) is 21.3 Å². The van der Waals surface area contributed by atoms with Gasteiger partial charge in [-0.25, -0.2) is 0 Å². The Labute approximate surface area is 399 Å². The largest absolute Gasteiger partial charge is 0.455 e. The summed E-state index contributed by atoms with van der Waals surface area (Å²) in [5.41, 5.74) is 15.4. The zero-order valence-electron chi connectivity index (χ0n) is 37.6. The summed E-state index contributed by atoms with van der Waals surface area (Å²) in [6, 6.07) is 92.5. The second kappa shape index (κ2) is 15.7. The van der Waals surface area contributed by atoms with Gasteiger partial charge >= 0.3 is 0 Å². The monoisotopic (exact) mass is 878 g/mol. The number of benzene rings is 12. The van der Waals surface area contributed by atoms with Crippen LogP contribution in [0.4, 0.5) is 17.1 Å². The zero-order valence-corrected chi connectivity index (χ0v) is 37.6. The number of hydrogen-bond acceptors (Lipinski definition) is 2. The van der Waals surface area contributed by atoms with Crippen LogP contribution in [0.1, 0.15) is 0 Å². The highest BCUT2D eigenvalue weighted by molar-refractivity contribution is 6.16. The standard InChI is InChI=1S/C66H42N2O/c1-4-20-54-44(14-1)32-39-60-59-38-33-48(42-65(59)69-66(54)60)53-19-7-10-25-62(53)67(50-36-30-45(31-37-50)61-41-47-15-2-3-18-52(47)55-21-5-6-22-56(55)61)49-34-28-43(29-35-49)46-16-13-17-51(40-46)68-63-26-11-8-23-57(63)58-24-9-12-27-64(58)68/h1-42H. The molecule has 69 heavy (non-hydrogen) atoms. The minimum Gasteiger partial charge on any atom is -0.455 e. The molecule has 0 aliphatic rings. The molecule has 0 bridgehead atoms. The Bertz CT molecular complexity index is 4260. The molecule has 12 aromatic carbocycles. The van der Waals surface area contributed by atoms with Gasteiger partial charge in [0.25, 0.3) is 0 Å². The highest BCUT2D eigenvalue weighted by Gasteiger charge is 2.20. The van der Waals surface area contributed by atoms with Crippen LogP contribution >= 0.6 is 0 Å². The lowest BCUT2D eigenvalue weighted by molar-refractivity contribution is 0.673. The lowest BCUT2D eigenvalue weighted by atomic mass is 9.93. The summed E-state index contributed by atoms with van der Waals surface area (Å²) >= 11 is 0. The number of anilines is 3. The van der Waals surface area contributed by atoms with Gasteiger partial charge in [0.05, 0.1) is 16.7 Å². The maximum Gasteiger partial charge on any atom is 0.143 e. The third kappa shape index (κ3) is 6.36.